The van der Waals surface area contributed by atoms with Gasteiger partial charge in [0.25, 0.3) is 0 Å². The van der Waals surface area contributed by atoms with Gasteiger partial charge < -0.3 is 36.6 Å². The molecule has 6 unspecified atom stereocenters. The van der Waals surface area contributed by atoms with Crippen molar-refractivity contribution in [2.75, 3.05) is 26.2 Å². The highest BCUT2D eigenvalue weighted by atomic mass is 16.3. The number of aliphatic hydroxyl groups excluding tert-OH is 5. The first kappa shape index (κ1) is 23.7. The number of hydrogen-bond acceptors (Lipinski definition) is 8. The summed E-state index contributed by atoms with van der Waals surface area (Å²) in [4.78, 5) is 1.65. The molecule has 0 aliphatic rings. The maximum atomic E-state index is 10.6. The third-order valence-electron chi connectivity index (χ3n) is 4.34. The quantitative estimate of drug-likeness (QED) is 0.211. The molecule has 8 heteroatoms. The largest absolute Gasteiger partial charge is 0.392 e. The van der Waals surface area contributed by atoms with Crippen molar-refractivity contribution in [1.29, 1.82) is 0 Å². The van der Waals surface area contributed by atoms with Gasteiger partial charge >= 0.3 is 0 Å². The summed E-state index contributed by atoms with van der Waals surface area (Å²) in [5, 5.41) is 54.4. The van der Waals surface area contributed by atoms with Crippen molar-refractivity contribution in [2.45, 2.75) is 76.7 Å². The van der Waals surface area contributed by atoms with Crippen LogP contribution >= 0.6 is 0 Å². The van der Waals surface area contributed by atoms with Gasteiger partial charge in [-0.1, -0.05) is 0 Å². The normalized spacial score (nSPS) is 22.5. The SMILES string of the molecule is CC(O)CN(CC(C)O)C(C(C)O)(C(C)O)C(NCCN)C(C)O. The minimum Gasteiger partial charge on any atom is -0.392 e. The second-order valence-electron chi connectivity index (χ2n) is 6.80. The molecule has 0 amide bonds. The van der Waals surface area contributed by atoms with E-state index < -0.39 is 42.1 Å². The van der Waals surface area contributed by atoms with Crippen LogP contribution in [0.15, 0.2) is 0 Å². The van der Waals surface area contributed by atoms with Crippen LogP contribution in [0.5, 0.6) is 0 Å². The molecule has 0 aromatic heterocycles. The van der Waals surface area contributed by atoms with Gasteiger partial charge in [-0.2, -0.15) is 0 Å². The standard InChI is InChI=1S/C16H37N3O5/c1-10(20)8-19(9-11(2)21)16(13(4)23,14(5)24)15(12(3)22)18-7-6-17/h10-15,18,20-24H,6-9,17H2,1-5H3. The number of nitrogens with two attached hydrogens (primary N) is 1. The molecule has 6 atom stereocenters. The van der Waals surface area contributed by atoms with Crippen LogP contribution in [0.1, 0.15) is 34.6 Å². The average Bonchev–Trinajstić information content (AvgIpc) is 2.40. The van der Waals surface area contributed by atoms with Crippen LogP contribution in [-0.4, -0.2) is 98.7 Å². The summed E-state index contributed by atoms with van der Waals surface area (Å²) in [7, 11) is 0. The summed E-state index contributed by atoms with van der Waals surface area (Å²) in [6.07, 6.45) is -4.51. The van der Waals surface area contributed by atoms with E-state index in [1.165, 1.54) is 13.8 Å². The Morgan fingerprint density at radius 2 is 1.29 bits per heavy atom. The van der Waals surface area contributed by atoms with Gasteiger partial charge in [-0.05, 0) is 34.6 Å². The number of hydrogen-bond donors (Lipinski definition) is 7. The summed E-state index contributed by atoms with van der Waals surface area (Å²) < 4.78 is 0. The Balaban J connectivity index is 6.12. The van der Waals surface area contributed by atoms with E-state index in [0.29, 0.717) is 13.1 Å². The lowest BCUT2D eigenvalue weighted by Gasteiger charge is -2.54. The number of rotatable bonds is 12. The molecule has 8 nitrogen and oxygen atoms in total. The van der Waals surface area contributed by atoms with Gasteiger partial charge in [0.15, 0.2) is 0 Å². The molecule has 0 saturated heterocycles. The summed E-state index contributed by atoms with van der Waals surface area (Å²) in [6.45, 7) is 8.76. The highest BCUT2D eigenvalue weighted by Crippen LogP contribution is 2.31. The van der Waals surface area contributed by atoms with E-state index in [2.05, 4.69) is 5.32 Å². The number of aliphatic hydroxyl groups is 5. The zero-order valence-electron chi connectivity index (χ0n) is 15.6. The van der Waals surface area contributed by atoms with Crippen LogP contribution in [0, 0.1) is 0 Å². The first-order valence-corrected chi connectivity index (χ1v) is 8.60. The summed E-state index contributed by atoms with van der Waals surface area (Å²) in [6, 6.07) is -0.724. The van der Waals surface area contributed by atoms with Crippen molar-refractivity contribution in [3.05, 3.63) is 0 Å². The van der Waals surface area contributed by atoms with Crippen LogP contribution in [0.3, 0.4) is 0 Å². The lowest BCUT2D eigenvalue weighted by molar-refractivity contribution is -0.145. The average molecular weight is 351 g/mol. The second kappa shape index (κ2) is 10.6. The fourth-order valence-corrected chi connectivity index (χ4v) is 3.58. The first-order valence-electron chi connectivity index (χ1n) is 8.60. The molecule has 146 valence electrons. The molecule has 0 heterocycles. The maximum Gasteiger partial charge on any atom is 0.0906 e. The Morgan fingerprint density at radius 3 is 1.54 bits per heavy atom. The van der Waals surface area contributed by atoms with Gasteiger partial charge in [-0.25, -0.2) is 0 Å². The first-order chi connectivity index (χ1) is 11.0. The Bertz CT molecular complexity index is 320. The lowest BCUT2D eigenvalue weighted by atomic mass is 9.75. The van der Waals surface area contributed by atoms with Crippen molar-refractivity contribution in [2.24, 2.45) is 5.73 Å². The minimum atomic E-state index is -1.32. The van der Waals surface area contributed by atoms with E-state index in [1.807, 2.05) is 0 Å². The van der Waals surface area contributed by atoms with E-state index in [0.717, 1.165) is 0 Å². The second-order valence-corrected chi connectivity index (χ2v) is 6.80. The molecule has 0 spiro atoms. The Hall–Kier alpha value is -0.320. The van der Waals surface area contributed by atoms with E-state index >= 15 is 0 Å². The molecule has 0 aliphatic heterocycles. The molecule has 0 saturated carbocycles. The third-order valence-corrected chi connectivity index (χ3v) is 4.34. The fourth-order valence-electron chi connectivity index (χ4n) is 3.58. The van der Waals surface area contributed by atoms with E-state index in [-0.39, 0.29) is 13.1 Å². The summed E-state index contributed by atoms with van der Waals surface area (Å²) in [5.74, 6) is 0. The molecule has 8 N–H and O–H groups in total. The number of nitrogens with zero attached hydrogens (tertiary/aromatic N) is 1. The smallest absolute Gasteiger partial charge is 0.0906 e. The van der Waals surface area contributed by atoms with Crippen molar-refractivity contribution in [3.63, 3.8) is 0 Å². The molecule has 0 aromatic carbocycles. The van der Waals surface area contributed by atoms with Gasteiger partial charge in [0.05, 0.1) is 42.1 Å². The van der Waals surface area contributed by atoms with Crippen molar-refractivity contribution < 1.29 is 25.5 Å². The summed E-state index contributed by atoms with van der Waals surface area (Å²) >= 11 is 0. The van der Waals surface area contributed by atoms with Gasteiger partial charge in [-0.3, -0.25) is 4.90 Å². The third kappa shape index (κ3) is 5.89. The Morgan fingerprint density at radius 1 is 0.875 bits per heavy atom. The van der Waals surface area contributed by atoms with Crippen molar-refractivity contribution >= 4 is 0 Å². The van der Waals surface area contributed by atoms with Gasteiger partial charge in [0.1, 0.15) is 0 Å². The molecular formula is C16H37N3O5. The van der Waals surface area contributed by atoms with E-state index in [9.17, 15) is 25.5 Å². The fraction of sp³-hybridized carbons (Fsp3) is 1.00. The lowest BCUT2D eigenvalue weighted by Crippen LogP contribution is -2.75. The minimum absolute atomic E-state index is 0.119. The van der Waals surface area contributed by atoms with Crippen LogP contribution < -0.4 is 11.1 Å². The zero-order chi connectivity index (χ0) is 19.1. The molecule has 0 aliphatic carbocycles. The molecule has 0 bridgehead atoms. The molecule has 0 radical (unpaired) electrons. The maximum absolute atomic E-state index is 10.6. The Kier molecular flexibility index (Phi) is 10.5. The monoisotopic (exact) mass is 351 g/mol. The Labute approximate surface area is 145 Å². The van der Waals surface area contributed by atoms with Gasteiger partial charge in [0, 0.05) is 26.2 Å². The van der Waals surface area contributed by atoms with E-state index in [4.69, 9.17) is 5.73 Å². The highest BCUT2D eigenvalue weighted by Gasteiger charge is 2.53. The molecule has 0 rings (SSSR count). The van der Waals surface area contributed by atoms with Crippen LogP contribution in [0.4, 0.5) is 0 Å². The van der Waals surface area contributed by atoms with Crippen molar-refractivity contribution in [3.8, 4) is 0 Å². The summed E-state index contributed by atoms with van der Waals surface area (Å²) in [5.41, 5.74) is 4.23. The molecular weight excluding hydrogens is 314 g/mol. The van der Waals surface area contributed by atoms with Crippen molar-refractivity contribution in [1.82, 2.24) is 10.2 Å². The molecule has 0 aromatic rings. The highest BCUT2D eigenvalue weighted by molar-refractivity contribution is 5.10. The van der Waals surface area contributed by atoms with Crippen LogP contribution in [-0.2, 0) is 0 Å². The van der Waals surface area contributed by atoms with Gasteiger partial charge in [-0.15, -0.1) is 0 Å². The molecule has 0 fully saturated rings. The predicted molar refractivity (Wildman–Crippen MR) is 93.6 cm³/mol. The topological polar surface area (TPSA) is 142 Å². The zero-order valence-corrected chi connectivity index (χ0v) is 15.6. The number of nitrogens with one attached hydrogen (secondary N) is 1. The predicted octanol–water partition coefficient (Wildman–Crippen LogP) is -2.15. The van der Waals surface area contributed by atoms with Crippen LogP contribution in [0.25, 0.3) is 0 Å². The van der Waals surface area contributed by atoms with Gasteiger partial charge in [0.2, 0.25) is 0 Å². The van der Waals surface area contributed by atoms with Crippen LogP contribution in [0.2, 0.25) is 0 Å². The number of β-amino-alcohol motifs (C(OH)–C–C–N with tert-alkyl or cyclic N) is 2. The van der Waals surface area contributed by atoms with E-state index in [1.54, 1.807) is 25.7 Å². The molecule has 24 heavy (non-hydrogen) atoms.